The predicted octanol–water partition coefficient (Wildman–Crippen LogP) is 3.42. The molecule has 0 aliphatic carbocycles. The normalized spacial score (nSPS) is 12.6. The summed E-state index contributed by atoms with van der Waals surface area (Å²) in [5.41, 5.74) is 2.24. The van der Waals surface area contributed by atoms with Crippen molar-refractivity contribution in [2.24, 2.45) is 0 Å². The Balaban J connectivity index is 1.49. The lowest BCUT2D eigenvalue weighted by Gasteiger charge is -2.15. The Morgan fingerprint density at radius 3 is 2.32 bits per heavy atom. The number of hydrogen-bond donors (Lipinski definition) is 1. The van der Waals surface area contributed by atoms with E-state index in [0.717, 1.165) is 28.2 Å². The quantitative estimate of drug-likeness (QED) is 0.377. The number of carbonyl (C=O) groups is 3. The van der Waals surface area contributed by atoms with Gasteiger partial charge in [-0.2, -0.15) is 0 Å². The first-order valence-corrected chi connectivity index (χ1v) is 9.50. The summed E-state index contributed by atoms with van der Waals surface area (Å²) < 4.78 is 0. The van der Waals surface area contributed by atoms with Crippen LogP contribution >= 0.6 is 0 Å². The molecule has 0 saturated heterocycles. The molecule has 8 heteroatoms. The topological polar surface area (TPSA) is 110 Å². The van der Waals surface area contributed by atoms with Gasteiger partial charge in [0.25, 0.3) is 17.5 Å². The summed E-state index contributed by atoms with van der Waals surface area (Å²) in [6.45, 7) is -0.486. The van der Waals surface area contributed by atoms with Crippen LogP contribution in [-0.4, -0.2) is 34.1 Å². The van der Waals surface area contributed by atoms with Crippen molar-refractivity contribution in [2.45, 2.75) is 6.42 Å². The van der Waals surface area contributed by atoms with E-state index in [1.54, 1.807) is 12.1 Å². The molecule has 3 amide bonds. The molecule has 3 aromatic rings. The third kappa shape index (κ3) is 4.04. The number of nitrogens with one attached hydrogen (secondary N) is 1. The van der Waals surface area contributed by atoms with Crippen molar-refractivity contribution in [2.75, 3.05) is 11.9 Å². The molecule has 154 valence electrons. The van der Waals surface area contributed by atoms with Crippen LogP contribution < -0.4 is 5.32 Å². The molecule has 0 spiro atoms. The third-order valence-electron chi connectivity index (χ3n) is 5.00. The Morgan fingerprint density at radius 2 is 1.58 bits per heavy atom. The number of rotatable bonds is 6. The van der Waals surface area contributed by atoms with Gasteiger partial charge < -0.3 is 5.32 Å². The van der Waals surface area contributed by atoms with Crippen LogP contribution in [-0.2, 0) is 11.2 Å². The fourth-order valence-electron chi connectivity index (χ4n) is 3.48. The zero-order valence-corrected chi connectivity index (χ0v) is 16.3. The molecule has 1 N–H and O–H groups in total. The molecule has 3 aromatic carbocycles. The van der Waals surface area contributed by atoms with Crippen molar-refractivity contribution in [1.82, 2.24) is 4.90 Å². The van der Waals surface area contributed by atoms with Gasteiger partial charge in [-0.25, -0.2) is 0 Å². The van der Waals surface area contributed by atoms with Crippen LogP contribution in [0.2, 0.25) is 0 Å². The summed E-state index contributed by atoms with van der Waals surface area (Å²) >= 11 is 0. The van der Waals surface area contributed by atoms with Gasteiger partial charge in [0.2, 0.25) is 5.91 Å². The number of para-hydroxylation sites is 1. The molecule has 0 bridgehead atoms. The fourth-order valence-corrected chi connectivity index (χ4v) is 3.48. The molecule has 8 nitrogen and oxygen atoms in total. The minimum atomic E-state index is -0.726. The first-order chi connectivity index (χ1) is 14.9. The minimum absolute atomic E-state index is 0.0490. The van der Waals surface area contributed by atoms with Crippen LogP contribution in [0.15, 0.2) is 72.8 Å². The number of anilines is 1. The molecule has 4 rings (SSSR count). The van der Waals surface area contributed by atoms with Gasteiger partial charge in [0.15, 0.2) is 0 Å². The maximum atomic E-state index is 12.6. The minimum Gasteiger partial charge on any atom is -0.324 e. The number of amides is 3. The van der Waals surface area contributed by atoms with Crippen molar-refractivity contribution in [3.8, 4) is 0 Å². The summed E-state index contributed by atoms with van der Waals surface area (Å²) in [5.74, 6) is -1.91. The Kier molecular flexibility index (Phi) is 5.28. The molecule has 31 heavy (non-hydrogen) atoms. The molecule has 0 atom stereocenters. The number of imide groups is 1. The van der Waals surface area contributed by atoms with Crippen LogP contribution in [0.25, 0.3) is 0 Å². The second kappa shape index (κ2) is 8.19. The number of fused-ring (bicyclic) bond motifs is 1. The van der Waals surface area contributed by atoms with E-state index in [9.17, 15) is 24.5 Å². The van der Waals surface area contributed by atoms with Crippen molar-refractivity contribution in [3.63, 3.8) is 0 Å². The van der Waals surface area contributed by atoms with E-state index in [-0.39, 0.29) is 16.8 Å². The number of nitro benzene ring substituents is 1. The summed E-state index contributed by atoms with van der Waals surface area (Å²) in [6.07, 6.45) is 0.605. The second-order valence-electron chi connectivity index (χ2n) is 7.05. The van der Waals surface area contributed by atoms with E-state index in [0.29, 0.717) is 12.1 Å². The lowest BCUT2D eigenvalue weighted by molar-refractivity contribution is -0.384. The maximum Gasteiger partial charge on any atom is 0.270 e. The monoisotopic (exact) mass is 415 g/mol. The van der Waals surface area contributed by atoms with Crippen molar-refractivity contribution in [3.05, 3.63) is 105 Å². The van der Waals surface area contributed by atoms with Gasteiger partial charge in [0.1, 0.15) is 6.54 Å². The van der Waals surface area contributed by atoms with E-state index in [2.05, 4.69) is 5.32 Å². The summed E-state index contributed by atoms with van der Waals surface area (Å²) in [4.78, 5) is 48.8. The van der Waals surface area contributed by atoms with Gasteiger partial charge in [0, 0.05) is 17.8 Å². The molecule has 0 saturated carbocycles. The average Bonchev–Trinajstić information content (AvgIpc) is 3.00. The van der Waals surface area contributed by atoms with Gasteiger partial charge in [-0.15, -0.1) is 0 Å². The highest BCUT2D eigenvalue weighted by atomic mass is 16.6. The molecule has 1 aliphatic rings. The van der Waals surface area contributed by atoms with Crippen LogP contribution in [0.1, 0.15) is 31.8 Å². The van der Waals surface area contributed by atoms with Crippen LogP contribution in [0.3, 0.4) is 0 Å². The van der Waals surface area contributed by atoms with Crippen molar-refractivity contribution < 1.29 is 19.3 Å². The SMILES string of the molecule is O=C(CN1C(=O)c2ccc([N+](=O)[O-])cc2C1=O)Nc1ccccc1Cc1ccccc1. The fraction of sp³-hybridized carbons (Fsp3) is 0.0870. The lowest BCUT2D eigenvalue weighted by Crippen LogP contribution is -2.37. The Morgan fingerprint density at radius 1 is 0.903 bits per heavy atom. The zero-order chi connectivity index (χ0) is 22.0. The second-order valence-corrected chi connectivity index (χ2v) is 7.05. The zero-order valence-electron chi connectivity index (χ0n) is 16.3. The Hall–Kier alpha value is -4.33. The van der Waals surface area contributed by atoms with Crippen molar-refractivity contribution >= 4 is 29.1 Å². The lowest BCUT2D eigenvalue weighted by atomic mass is 10.0. The molecule has 1 aliphatic heterocycles. The third-order valence-corrected chi connectivity index (χ3v) is 5.00. The highest BCUT2D eigenvalue weighted by molar-refractivity contribution is 6.23. The number of hydrogen-bond acceptors (Lipinski definition) is 5. The molecule has 1 heterocycles. The number of benzene rings is 3. The molecule has 0 fully saturated rings. The standard InChI is InChI=1S/C23H17N3O5/c27-21(24-20-9-5-4-8-16(20)12-15-6-2-1-3-7-15)14-25-22(28)18-11-10-17(26(30)31)13-19(18)23(25)29/h1-11,13H,12,14H2,(H,24,27). The highest BCUT2D eigenvalue weighted by Gasteiger charge is 2.37. The maximum absolute atomic E-state index is 12.6. The molecule has 0 unspecified atom stereocenters. The van der Waals surface area contributed by atoms with Gasteiger partial charge >= 0.3 is 0 Å². The van der Waals surface area contributed by atoms with E-state index < -0.39 is 29.2 Å². The van der Waals surface area contributed by atoms with Crippen LogP contribution in [0.4, 0.5) is 11.4 Å². The smallest absolute Gasteiger partial charge is 0.270 e. The van der Waals surface area contributed by atoms with Gasteiger partial charge in [-0.1, -0.05) is 48.5 Å². The molecular formula is C23H17N3O5. The van der Waals surface area contributed by atoms with E-state index in [1.807, 2.05) is 42.5 Å². The number of nitro groups is 1. The number of carbonyl (C=O) groups excluding carboxylic acids is 3. The van der Waals surface area contributed by atoms with Crippen LogP contribution in [0.5, 0.6) is 0 Å². The Bertz CT molecular complexity index is 1210. The number of non-ortho nitro benzene ring substituents is 1. The number of nitrogens with zero attached hydrogens (tertiary/aromatic N) is 2. The average molecular weight is 415 g/mol. The largest absolute Gasteiger partial charge is 0.324 e. The molecular weight excluding hydrogens is 398 g/mol. The van der Waals surface area contributed by atoms with Crippen LogP contribution in [0, 0.1) is 10.1 Å². The first-order valence-electron chi connectivity index (χ1n) is 9.50. The van der Waals surface area contributed by atoms with Gasteiger partial charge in [0.05, 0.1) is 16.1 Å². The van der Waals surface area contributed by atoms with Gasteiger partial charge in [-0.3, -0.25) is 29.4 Å². The summed E-state index contributed by atoms with van der Waals surface area (Å²) in [6, 6.07) is 20.5. The van der Waals surface area contributed by atoms with Gasteiger partial charge in [-0.05, 0) is 29.7 Å². The Labute approximate surface area is 177 Å². The molecule has 0 radical (unpaired) electrons. The van der Waals surface area contributed by atoms with E-state index in [1.165, 1.54) is 6.07 Å². The predicted molar refractivity (Wildman–Crippen MR) is 113 cm³/mol. The van der Waals surface area contributed by atoms with E-state index in [4.69, 9.17) is 0 Å². The van der Waals surface area contributed by atoms with Crippen molar-refractivity contribution in [1.29, 1.82) is 0 Å². The summed E-state index contributed by atoms with van der Waals surface area (Å²) in [5, 5.41) is 13.7. The highest BCUT2D eigenvalue weighted by Crippen LogP contribution is 2.27. The van der Waals surface area contributed by atoms with E-state index >= 15 is 0 Å². The first kappa shape index (κ1) is 20.0. The summed E-state index contributed by atoms with van der Waals surface area (Å²) in [7, 11) is 0. The molecule has 0 aromatic heterocycles.